The van der Waals surface area contributed by atoms with Gasteiger partial charge in [0.05, 0.1) is 6.54 Å². The molecule has 1 aromatic carbocycles. The SMILES string of the molecule is CCN(Cc1cccs1)C(=O)Cn1c(-c2ccc(C)cc2)n[nH]c1=S. The lowest BCUT2D eigenvalue weighted by molar-refractivity contribution is -0.132. The van der Waals surface area contributed by atoms with Crippen LogP contribution in [0.4, 0.5) is 0 Å². The molecule has 1 N–H and O–H groups in total. The molecule has 3 rings (SSSR count). The van der Waals surface area contributed by atoms with E-state index in [1.807, 2.05) is 60.5 Å². The van der Waals surface area contributed by atoms with Gasteiger partial charge in [-0.3, -0.25) is 14.5 Å². The highest BCUT2D eigenvalue weighted by Gasteiger charge is 2.17. The Morgan fingerprint density at radius 2 is 2.08 bits per heavy atom. The Hall–Kier alpha value is -2.25. The van der Waals surface area contributed by atoms with Crippen molar-refractivity contribution in [1.29, 1.82) is 0 Å². The highest BCUT2D eigenvalue weighted by Crippen LogP contribution is 2.19. The minimum absolute atomic E-state index is 0.0294. The number of hydrogen-bond donors (Lipinski definition) is 1. The van der Waals surface area contributed by atoms with Gasteiger partial charge in [-0.1, -0.05) is 35.9 Å². The molecule has 2 aromatic heterocycles. The summed E-state index contributed by atoms with van der Waals surface area (Å²) in [6.07, 6.45) is 0. The van der Waals surface area contributed by atoms with Crippen molar-refractivity contribution >= 4 is 29.5 Å². The number of nitrogens with one attached hydrogen (secondary N) is 1. The van der Waals surface area contributed by atoms with Crippen LogP contribution < -0.4 is 0 Å². The highest BCUT2D eigenvalue weighted by molar-refractivity contribution is 7.71. The molecular formula is C18H20N4OS2. The molecule has 0 aliphatic heterocycles. The van der Waals surface area contributed by atoms with Gasteiger partial charge >= 0.3 is 0 Å². The number of rotatable bonds is 6. The van der Waals surface area contributed by atoms with Gasteiger partial charge in [0, 0.05) is 17.0 Å². The van der Waals surface area contributed by atoms with E-state index >= 15 is 0 Å². The Kier molecular flexibility index (Phi) is 5.45. The van der Waals surface area contributed by atoms with E-state index in [0.717, 1.165) is 5.56 Å². The number of amides is 1. The standard InChI is InChI=1S/C18H20N4OS2/c1-3-21(11-15-5-4-10-25-15)16(23)12-22-17(19-20-18(22)24)14-8-6-13(2)7-9-14/h4-10H,3,11-12H2,1-2H3,(H,20,24). The minimum atomic E-state index is 0.0294. The normalized spacial score (nSPS) is 10.8. The molecular weight excluding hydrogens is 352 g/mol. The second kappa shape index (κ2) is 7.76. The van der Waals surface area contributed by atoms with Gasteiger partial charge in [0.25, 0.3) is 0 Å². The zero-order valence-corrected chi connectivity index (χ0v) is 15.9. The largest absolute Gasteiger partial charge is 0.336 e. The smallest absolute Gasteiger partial charge is 0.242 e. The highest BCUT2D eigenvalue weighted by atomic mass is 32.1. The molecule has 0 saturated carbocycles. The number of carbonyl (C=O) groups excluding carboxylic acids is 1. The summed E-state index contributed by atoms with van der Waals surface area (Å²) >= 11 is 6.99. The maximum absolute atomic E-state index is 12.8. The van der Waals surface area contributed by atoms with E-state index in [0.29, 0.717) is 23.7 Å². The molecule has 5 nitrogen and oxygen atoms in total. The van der Waals surface area contributed by atoms with Crippen LogP contribution in [-0.2, 0) is 17.9 Å². The van der Waals surface area contributed by atoms with Gasteiger partial charge < -0.3 is 4.90 Å². The van der Waals surface area contributed by atoms with Gasteiger partial charge in [0.1, 0.15) is 6.54 Å². The van der Waals surface area contributed by atoms with Crippen LogP contribution in [0.3, 0.4) is 0 Å². The maximum atomic E-state index is 12.8. The number of aromatic amines is 1. The first-order chi connectivity index (χ1) is 12.1. The number of benzene rings is 1. The van der Waals surface area contributed by atoms with Crippen molar-refractivity contribution in [2.45, 2.75) is 26.9 Å². The zero-order chi connectivity index (χ0) is 17.8. The van der Waals surface area contributed by atoms with Crippen molar-refractivity contribution in [3.8, 4) is 11.4 Å². The fourth-order valence-corrected chi connectivity index (χ4v) is 3.51. The van der Waals surface area contributed by atoms with E-state index in [4.69, 9.17) is 12.2 Å². The number of aromatic nitrogens is 3. The van der Waals surface area contributed by atoms with Crippen LogP contribution in [0.2, 0.25) is 0 Å². The predicted molar refractivity (Wildman–Crippen MR) is 103 cm³/mol. The van der Waals surface area contributed by atoms with Crippen molar-refractivity contribution in [3.05, 3.63) is 57.0 Å². The molecule has 0 spiro atoms. The molecule has 0 fully saturated rings. The minimum Gasteiger partial charge on any atom is -0.336 e. The average molecular weight is 373 g/mol. The van der Waals surface area contributed by atoms with Gasteiger partial charge in [-0.15, -0.1) is 11.3 Å². The van der Waals surface area contributed by atoms with E-state index in [9.17, 15) is 4.79 Å². The van der Waals surface area contributed by atoms with Gasteiger partial charge in [-0.05, 0) is 37.5 Å². The van der Waals surface area contributed by atoms with Crippen LogP contribution in [0.5, 0.6) is 0 Å². The van der Waals surface area contributed by atoms with Crippen LogP contribution in [0.25, 0.3) is 11.4 Å². The molecule has 0 saturated heterocycles. The Balaban J connectivity index is 1.82. The maximum Gasteiger partial charge on any atom is 0.242 e. The number of carbonyl (C=O) groups is 1. The first-order valence-corrected chi connectivity index (χ1v) is 9.39. The summed E-state index contributed by atoms with van der Waals surface area (Å²) in [5.41, 5.74) is 2.11. The lowest BCUT2D eigenvalue weighted by Gasteiger charge is -2.20. The summed E-state index contributed by atoms with van der Waals surface area (Å²) in [6, 6.07) is 12.1. The Labute approximate surface area is 155 Å². The van der Waals surface area contributed by atoms with Crippen molar-refractivity contribution in [2.75, 3.05) is 6.54 Å². The fourth-order valence-electron chi connectivity index (χ4n) is 2.59. The van der Waals surface area contributed by atoms with Crippen molar-refractivity contribution < 1.29 is 4.79 Å². The fraction of sp³-hybridized carbons (Fsp3) is 0.278. The summed E-state index contributed by atoms with van der Waals surface area (Å²) in [5, 5.41) is 9.14. The van der Waals surface area contributed by atoms with Crippen molar-refractivity contribution in [3.63, 3.8) is 0 Å². The second-order valence-electron chi connectivity index (χ2n) is 5.79. The van der Waals surface area contributed by atoms with Crippen molar-refractivity contribution in [2.24, 2.45) is 0 Å². The third-order valence-corrected chi connectivity index (χ3v) is 5.20. The van der Waals surface area contributed by atoms with Crippen LogP contribution >= 0.6 is 23.6 Å². The summed E-state index contributed by atoms with van der Waals surface area (Å²) in [6.45, 7) is 5.48. The van der Waals surface area contributed by atoms with Gasteiger partial charge in [-0.25, -0.2) is 0 Å². The lowest BCUT2D eigenvalue weighted by Crippen LogP contribution is -2.33. The third-order valence-electron chi connectivity index (χ3n) is 4.02. The van der Waals surface area contributed by atoms with Crippen LogP contribution in [0.1, 0.15) is 17.4 Å². The molecule has 2 heterocycles. The van der Waals surface area contributed by atoms with E-state index in [-0.39, 0.29) is 12.5 Å². The molecule has 130 valence electrons. The van der Waals surface area contributed by atoms with E-state index in [2.05, 4.69) is 10.2 Å². The van der Waals surface area contributed by atoms with E-state index in [1.165, 1.54) is 10.4 Å². The Morgan fingerprint density at radius 3 is 2.72 bits per heavy atom. The molecule has 0 aliphatic rings. The van der Waals surface area contributed by atoms with Gasteiger partial charge in [-0.2, -0.15) is 5.10 Å². The quantitative estimate of drug-likeness (QED) is 0.665. The number of hydrogen-bond acceptors (Lipinski definition) is 4. The number of likely N-dealkylation sites (N-methyl/N-ethyl adjacent to an activating group) is 1. The number of thiophene rings is 1. The molecule has 1 amide bonds. The summed E-state index contributed by atoms with van der Waals surface area (Å²) < 4.78 is 2.22. The molecule has 7 heteroatoms. The molecule has 0 radical (unpaired) electrons. The topological polar surface area (TPSA) is 53.9 Å². The molecule has 0 atom stereocenters. The molecule has 0 unspecified atom stereocenters. The Bertz CT molecular complexity index is 894. The van der Waals surface area contributed by atoms with Crippen molar-refractivity contribution in [1.82, 2.24) is 19.7 Å². The van der Waals surface area contributed by atoms with Crippen LogP contribution in [0, 0.1) is 11.7 Å². The van der Waals surface area contributed by atoms with Gasteiger partial charge in [0.15, 0.2) is 10.6 Å². The molecule has 3 aromatic rings. The predicted octanol–water partition coefficient (Wildman–Crippen LogP) is 4.03. The van der Waals surface area contributed by atoms with Gasteiger partial charge in [0.2, 0.25) is 5.91 Å². The second-order valence-corrected chi connectivity index (χ2v) is 7.21. The number of H-pyrrole nitrogens is 1. The third kappa shape index (κ3) is 4.05. The first kappa shape index (κ1) is 17.6. The monoisotopic (exact) mass is 372 g/mol. The number of nitrogens with zero attached hydrogens (tertiary/aromatic N) is 3. The Morgan fingerprint density at radius 1 is 1.32 bits per heavy atom. The lowest BCUT2D eigenvalue weighted by atomic mass is 10.1. The molecule has 25 heavy (non-hydrogen) atoms. The van der Waals surface area contributed by atoms with E-state index < -0.39 is 0 Å². The van der Waals surface area contributed by atoms with Crippen LogP contribution in [-0.4, -0.2) is 32.1 Å². The van der Waals surface area contributed by atoms with Crippen LogP contribution in [0.15, 0.2) is 41.8 Å². The zero-order valence-electron chi connectivity index (χ0n) is 14.2. The first-order valence-electron chi connectivity index (χ1n) is 8.11. The average Bonchev–Trinajstić information content (AvgIpc) is 3.24. The number of aryl methyl sites for hydroxylation is 1. The van der Waals surface area contributed by atoms with E-state index in [1.54, 1.807) is 15.9 Å². The summed E-state index contributed by atoms with van der Waals surface area (Å²) in [4.78, 5) is 15.8. The summed E-state index contributed by atoms with van der Waals surface area (Å²) in [7, 11) is 0. The summed E-state index contributed by atoms with van der Waals surface area (Å²) in [5.74, 6) is 0.715. The molecule has 0 bridgehead atoms. The molecule has 0 aliphatic carbocycles.